The largest absolute Gasteiger partial charge is 0.374 e. The molecule has 1 aliphatic rings. The molecule has 1 aromatic carbocycles. The van der Waals surface area contributed by atoms with Crippen LogP contribution in [0.2, 0.25) is 0 Å². The molecule has 0 bridgehead atoms. The fraction of sp³-hybridized carbons (Fsp3) is 0.417. The molecule has 0 aromatic heterocycles. The molecule has 0 unspecified atom stereocenters. The van der Waals surface area contributed by atoms with Crippen LogP contribution in [0.3, 0.4) is 0 Å². The number of nitrogens with one attached hydrogen (secondary N) is 1. The van der Waals surface area contributed by atoms with Gasteiger partial charge in [-0.25, -0.2) is 4.79 Å². The van der Waals surface area contributed by atoms with Gasteiger partial charge in [-0.2, -0.15) is 12.7 Å². The number of carbonyl (C=O) groups is 1. The van der Waals surface area contributed by atoms with Crippen LogP contribution in [-0.2, 0) is 17.0 Å². The second-order valence-corrected chi connectivity index (χ2v) is 5.81. The van der Waals surface area contributed by atoms with Gasteiger partial charge >= 0.3 is 16.4 Å². The maximum atomic E-state index is 12.8. The molecule has 2 rings (SSSR count). The Morgan fingerprint density at radius 3 is 2.30 bits per heavy atom. The Bertz CT molecular complexity index is 557. The SMILES string of the molecule is O=C(NCc1ccccc1)N1CCN(S(=O)(=O)F)CC1. The van der Waals surface area contributed by atoms with E-state index in [4.69, 9.17) is 0 Å². The van der Waals surface area contributed by atoms with E-state index in [1.54, 1.807) is 0 Å². The fourth-order valence-electron chi connectivity index (χ4n) is 1.99. The Morgan fingerprint density at radius 2 is 1.75 bits per heavy atom. The van der Waals surface area contributed by atoms with Crippen LogP contribution in [0.1, 0.15) is 5.56 Å². The minimum Gasteiger partial charge on any atom is -0.334 e. The summed E-state index contributed by atoms with van der Waals surface area (Å²) in [4.78, 5) is 13.4. The summed E-state index contributed by atoms with van der Waals surface area (Å²) in [5.74, 6) is 0. The smallest absolute Gasteiger partial charge is 0.334 e. The Morgan fingerprint density at radius 1 is 1.15 bits per heavy atom. The minimum atomic E-state index is -4.66. The van der Waals surface area contributed by atoms with E-state index < -0.39 is 10.4 Å². The summed E-state index contributed by atoms with van der Waals surface area (Å²) in [6, 6.07) is 9.17. The molecule has 1 N–H and O–H groups in total. The fourth-order valence-corrected chi connectivity index (χ4v) is 2.59. The molecule has 0 radical (unpaired) electrons. The van der Waals surface area contributed by atoms with Gasteiger partial charge in [-0.1, -0.05) is 34.2 Å². The zero-order chi connectivity index (χ0) is 14.6. The first-order chi connectivity index (χ1) is 9.47. The summed E-state index contributed by atoms with van der Waals surface area (Å²) in [6.07, 6.45) is 0. The van der Waals surface area contributed by atoms with Crippen LogP contribution in [0, 0.1) is 0 Å². The van der Waals surface area contributed by atoms with Crippen molar-refractivity contribution < 1.29 is 17.1 Å². The molecule has 1 saturated heterocycles. The Kier molecular flexibility index (Phi) is 4.56. The van der Waals surface area contributed by atoms with Crippen molar-refractivity contribution in [2.75, 3.05) is 26.2 Å². The number of amides is 2. The van der Waals surface area contributed by atoms with Gasteiger partial charge < -0.3 is 10.2 Å². The van der Waals surface area contributed by atoms with E-state index in [-0.39, 0.29) is 32.2 Å². The van der Waals surface area contributed by atoms with Gasteiger partial charge in [-0.15, -0.1) is 0 Å². The molecule has 1 heterocycles. The molecule has 6 nitrogen and oxygen atoms in total. The van der Waals surface area contributed by atoms with Gasteiger partial charge in [0.25, 0.3) is 0 Å². The van der Waals surface area contributed by atoms with Crippen LogP contribution in [0.4, 0.5) is 8.68 Å². The highest BCUT2D eigenvalue weighted by atomic mass is 32.3. The number of hydrogen-bond acceptors (Lipinski definition) is 3. The van der Waals surface area contributed by atoms with Gasteiger partial charge in [-0.05, 0) is 5.56 Å². The quantitative estimate of drug-likeness (QED) is 0.837. The van der Waals surface area contributed by atoms with Crippen molar-refractivity contribution in [2.24, 2.45) is 0 Å². The topological polar surface area (TPSA) is 69.7 Å². The van der Waals surface area contributed by atoms with E-state index in [9.17, 15) is 17.1 Å². The Hall–Kier alpha value is -1.67. The van der Waals surface area contributed by atoms with Gasteiger partial charge in [0.2, 0.25) is 0 Å². The summed E-state index contributed by atoms with van der Waals surface area (Å²) in [5.41, 5.74) is 0.978. The standard InChI is InChI=1S/C12H16FN3O3S/c13-20(18,19)16-8-6-15(7-9-16)12(17)14-10-11-4-2-1-3-5-11/h1-5H,6-10H2,(H,14,17). The van der Waals surface area contributed by atoms with Crippen LogP contribution in [-0.4, -0.2) is 49.8 Å². The number of hydrogen-bond donors (Lipinski definition) is 1. The van der Waals surface area contributed by atoms with Crippen LogP contribution >= 0.6 is 0 Å². The van der Waals surface area contributed by atoms with E-state index in [2.05, 4.69) is 5.32 Å². The number of benzene rings is 1. The summed E-state index contributed by atoms with van der Waals surface area (Å²) in [6.45, 7) is 0.740. The number of carbonyl (C=O) groups excluding carboxylic acids is 1. The maximum Gasteiger partial charge on any atom is 0.374 e. The Balaban J connectivity index is 1.80. The molecule has 8 heteroatoms. The van der Waals surface area contributed by atoms with Crippen molar-refractivity contribution in [3.63, 3.8) is 0 Å². The molecule has 0 spiro atoms. The highest BCUT2D eigenvalue weighted by molar-refractivity contribution is 7.83. The molecule has 0 saturated carbocycles. The average Bonchev–Trinajstić information content (AvgIpc) is 2.45. The summed E-state index contributed by atoms with van der Waals surface area (Å²) in [5, 5.41) is 2.75. The minimum absolute atomic E-state index is 0.0163. The van der Waals surface area contributed by atoms with Crippen molar-refractivity contribution in [2.45, 2.75) is 6.54 Å². The number of nitrogens with zero attached hydrogens (tertiary/aromatic N) is 2. The summed E-state index contributed by atoms with van der Waals surface area (Å²) < 4.78 is 34.9. The van der Waals surface area contributed by atoms with Gasteiger partial charge in [-0.3, -0.25) is 0 Å². The lowest BCUT2D eigenvalue weighted by molar-refractivity contribution is 0.170. The first-order valence-corrected chi connectivity index (χ1v) is 7.57. The second-order valence-electron chi connectivity index (χ2n) is 4.47. The van der Waals surface area contributed by atoms with Gasteiger partial charge in [0.1, 0.15) is 0 Å². The molecular weight excluding hydrogens is 285 g/mol. The van der Waals surface area contributed by atoms with E-state index in [1.165, 1.54) is 4.90 Å². The molecule has 1 aliphatic heterocycles. The lowest BCUT2D eigenvalue weighted by Crippen LogP contribution is -2.52. The molecule has 110 valence electrons. The summed E-state index contributed by atoms with van der Waals surface area (Å²) in [7, 11) is -4.66. The van der Waals surface area contributed by atoms with Crippen molar-refractivity contribution in [3.05, 3.63) is 35.9 Å². The molecule has 1 fully saturated rings. The van der Waals surface area contributed by atoms with Gasteiger partial charge in [0.15, 0.2) is 0 Å². The van der Waals surface area contributed by atoms with Gasteiger partial charge in [0.05, 0.1) is 0 Å². The van der Waals surface area contributed by atoms with E-state index >= 15 is 0 Å². The zero-order valence-electron chi connectivity index (χ0n) is 10.8. The number of urea groups is 1. The first-order valence-electron chi connectivity index (χ1n) is 6.23. The third-order valence-corrected chi connectivity index (χ3v) is 4.10. The van der Waals surface area contributed by atoms with Gasteiger partial charge in [0, 0.05) is 32.7 Å². The lowest BCUT2D eigenvalue weighted by atomic mass is 10.2. The normalized spacial score (nSPS) is 16.9. The van der Waals surface area contributed by atoms with Crippen LogP contribution < -0.4 is 5.32 Å². The van der Waals surface area contributed by atoms with E-state index in [1.807, 2.05) is 30.3 Å². The molecule has 2 amide bonds. The molecule has 0 atom stereocenters. The second kappa shape index (κ2) is 6.19. The third kappa shape index (κ3) is 3.91. The predicted octanol–water partition coefficient (Wildman–Crippen LogP) is 0.728. The maximum absolute atomic E-state index is 12.8. The van der Waals surface area contributed by atoms with Crippen molar-refractivity contribution in [3.8, 4) is 0 Å². The number of rotatable bonds is 3. The van der Waals surface area contributed by atoms with Crippen molar-refractivity contribution in [1.29, 1.82) is 0 Å². The molecule has 0 aliphatic carbocycles. The highest BCUT2D eigenvalue weighted by Crippen LogP contribution is 2.08. The predicted molar refractivity (Wildman–Crippen MR) is 71.9 cm³/mol. The van der Waals surface area contributed by atoms with Crippen LogP contribution in [0.15, 0.2) is 30.3 Å². The van der Waals surface area contributed by atoms with E-state index in [0.717, 1.165) is 9.87 Å². The molecule has 20 heavy (non-hydrogen) atoms. The Labute approximate surface area is 117 Å². The third-order valence-electron chi connectivity index (χ3n) is 3.12. The molecular formula is C12H16FN3O3S. The number of piperazine rings is 1. The summed E-state index contributed by atoms with van der Waals surface area (Å²) >= 11 is 0. The monoisotopic (exact) mass is 301 g/mol. The van der Waals surface area contributed by atoms with Crippen LogP contribution in [0.25, 0.3) is 0 Å². The van der Waals surface area contributed by atoms with Crippen molar-refractivity contribution in [1.82, 2.24) is 14.5 Å². The van der Waals surface area contributed by atoms with Crippen LogP contribution in [0.5, 0.6) is 0 Å². The highest BCUT2D eigenvalue weighted by Gasteiger charge is 2.28. The van der Waals surface area contributed by atoms with E-state index in [0.29, 0.717) is 6.54 Å². The number of halogens is 1. The average molecular weight is 301 g/mol. The lowest BCUT2D eigenvalue weighted by Gasteiger charge is -2.31. The first kappa shape index (κ1) is 14.7. The molecule has 1 aromatic rings. The van der Waals surface area contributed by atoms with Crippen molar-refractivity contribution >= 4 is 16.4 Å². The zero-order valence-corrected chi connectivity index (χ0v) is 11.6.